The van der Waals surface area contributed by atoms with Gasteiger partial charge in [0.25, 0.3) is 5.91 Å². The van der Waals surface area contributed by atoms with Crippen molar-refractivity contribution in [3.63, 3.8) is 0 Å². The monoisotopic (exact) mass is 512 g/mol. The molecule has 0 radical (unpaired) electrons. The number of aryl methyl sites for hydroxylation is 2. The number of amides is 2. The molecule has 0 unspecified atom stereocenters. The Bertz CT molecular complexity index is 972. The highest BCUT2D eigenvalue weighted by atomic mass is 35.5. The van der Waals surface area contributed by atoms with Crippen molar-refractivity contribution in [2.75, 3.05) is 13.2 Å². The van der Waals surface area contributed by atoms with Gasteiger partial charge in [-0.05, 0) is 67.1 Å². The second-order valence-electron chi connectivity index (χ2n) is 8.49. The van der Waals surface area contributed by atoms with E-state index in [1.165, 1.54) is 4.90 Å². The molecule has 0 saturated carbocycles. The van der Waals surface area contributed by atoms with E-state index in [1.807, 2.05) is 34.6 Å². The summed E-state index contributed by atoms with van der Waals surface area (Å²) in [6, 6.07) is 8.10. The van der Waals surface area contributed by atoms with Crippen LogP contribution in [0.1, 0.15) is 43.9 Å². The van der Waals surface area contributed by atoms with Crippen molar-refractivity contribution in [3.05, 3.63) is 62.1 Å². The minimum Gasteiger partial charge on any atom is -0.484 e. The minimum atomic E-state index is -0.650. The predicted molar refractivity (Wildman–Crippen MR) is 135 cm³/mol. The molecule has 5 nitrogen and oxygen atoms in total. The summed E-state index contributed by atoms with van der Waals surface area (Å²) in [4.78, 5) is 27.8. The van der Waals surface area contributed by atoms with Gasteiger partial charge >= 0.3 is 0 Å². The Kier molecular flexibility index (Phi) is 10.3. The van der Waals surface area contributed by atoms with Crippen LogP contribution in [-0.4, -0.2) is 35.9 Å². The Morgan fingerprint density at radius 2 is 1.67 bits per heavy atom. The minimum absolute atomic E-state index is 0.196. The molecule has 2 amide bonds. The van der Waals surface area contributed by atoms with Crippen LogP contribution in [0.3, 0.4) is 0 Å². The molecule has 0 aromatic heterocycles. The van der Waals surface area contributed by atoms with Crippen molar-refractivity contribution >= 4 is 46.6 Å². The lowest BCUT2D eigenvalue weighted by Crippen LogP contribution is -2.50. The number of carbonyl (C=O) groups is 2. The van der Waals surface area contributed by atoms with Crippen LogP contribution in [0.2, 0.25) is 15.1 Å². The first-order valence-corrected chi connectivity index (χ1v) is 12.1. The second kappa shape index (κ2) is 12.5. The second-order valence-corrected chi connectivity index (χ2v) is 9.69. The maximum absolute atomic E-state index is 13.3. The van der Waals surface area contributed by atoms with Gasteiger partial charge in [0.15, 0.2) is 6.61 Å². The number of nitrogens with zero attached hydrogens (tertiary/aromatic N) is 1. The van der Waals surface area contributed by atoms with Gasteiger partial charge in [-0.25, -0.2) is 0 Å². The normalized spacial score (nSPS) is 11.9. The topological polar surface area (TPSA) is 58.6 Å². The molecule has 0 aliphatic rings. The van der Waals surface area contributed by atoms with Crippen LogP contribution in [0, 0.1) is 19.8 Å². The van der Waals surface area contributed by atoms with Crippen LogP contribution in [-0.2, 0) is 16.1 Å². The number of halogens is 3. The Balaban J connectivity index is 2.26. The van der Waals surface area contributed by atoms with Crippen molar-refractivity contribution in [3.8, 4) is 5.75 Å². The zero-order valence-corrected chi connectivity index (χ0v) is 21.9. The Morgan fingerprint density at radius 1 is 1.03 bits per heavy atom. The number of rotatable bonds is 10. The SMILES string of the molecule is CC[C@H](C(=O)NCC(C)C)N(Cc1ccc(Cl)c(Cl)c1)C(=O)COc1cc(C)c(Cl)c(C)c1. The number of nitrogens with one attached hydrogen (secondary N) is 1. The molecule has 1 N–H and O–H groups in total. The number of hydrogen-bond acceptors (Lipinski definition) is 3. The molecule has 1 atom stereocenters. The van der Waals surface area contributed by atoms with Crippen LogP contribution in [0.15, 0.2) is 30.3 Å². The number of ether oxygens (including phenoxy) is 1. The summed E-state index contributed by atoms with van der Waals surface area (Å²) in [5.74, 6) is 0.343. The molecule has 180 valence electrons. The lowest BCUT2D eigenvalue weighted by atomic mass is 10.1. The van der Waals surface area contributed by atoms with Gasteiger partial charge < -0.3 is 15.0 Å². The smallest absolute Gasteiger partial charge is 0.261 e. The fraction of sp³-hybridized carbons (Fsp3) is 0.440. The first-order valence-electron chi connectivity index (χ1n) is 10.9. The maximum atomic E-state index is 13.3. The van der Waals surface area contributed by atoms with Crippen LogP contribution >= 0.6 is 34.8 Å². The fourth-order valence-corrected chi connectivity index (χ4v) is 3.82. The summed E-state index contributed by atoms with van der Waals surface area (Å²) in [5, 5.41) is 4.42. The lowest BCUT2D eigenvalue weighted by Gasteiger charge is -2.31. The zero-order chi connectivity index (χ0) is 24.7. The highest BCUT2D eigenvalue weighted by Gasteiger charge is 2.29. The molecule has 0 aliphatic heterocycles. The van der Waals surface area contributed by atoms with Crippen molar-refractivity contribution in [2.45, 2.75) is 53.6 Å². The van der Waals surface area contributed by atoms with Crippen molar-refractivity contribution < 1.29 is 14.3 Å². The molecule has 0 saturated heterocycles. The Morgan fingerprint density at radius 3 is 2.21 bits per heavy atom. The first-order chi connectivity index (χ1) is 15.5. The molecule has 0 spiro atoms. The van der Waals surface area contributed by atoms with Crippen molar-refractivity contribution in [2.24, 2.45) is 5.92 Å². The molecular weight excluding hydrogens is 483 g/mol. The van der Waals surface area contributed by atoms with Gasteiger partial charge in [-0.2, -0.15) is 0 Å². The molecule has 8 heteroatoms. The highest BCUT2D eigenvalue weighted by Crippen LogP contribution is 2.27. The summed E-state index contributed by atoms with van der Waals surface area (Å²) in [6.45, 7) is 10.2. The van der Waals surface area contributed by atoms with E-state index < -0.39 is 6.04 Å². The van der Waals surface area contributed by atoms with Crippen molar-refractivity contribution in [1.82, 2.24) is 10.2 Å². The van der Waals surface area contributed by atoms with E-state index >= 15 is 0 Å². The standard InChI is InChI=1S/C25H31Cl3N2O3/c1-6-22(25(32)29-12-15(2)3)30(13-18-7-8-20(26)21(27)11-18)23(31)14-33-19-9-16(4)24(28)17(5)10-19/h7-11,15,22H,6,12-14H2,1-5H3,(H,29,32)/t22-/m1/s1. The summed E-state index contributed by atoms with van der Waals surface area (Å²) >= 11 is 18.4. The third-order valence-corrected chi connectivity index (χ3v) is 6.51. The largest absolute Gasteiger partial charge is 0.484 e. The van der Waals surface area contributed by atoms with E-state index in [9.17, 15) is 9.59 Å². The average molecular weight is 514 g/mol. The van der Waals surface area contributed by atoms with Crippen LogP contribution < -0.4 is 10.1 Å². The van der Waals surface area contributed by atoms with Gasteiger partial charge in [-0.1, -0.05) is 61.6 Å². The van der Waals surface area contributed by atoms with E-state index in [-0.39, 0.29) is 25.0 Å². The van der Waals surface area contributed by atoms with E-state index in [4.69, 9.17) is 39.5 Å². The maximum Gasteiger partial charge on any atom is 0.261 e. The van der Waals surface area contributed by atoms with Gasteiger partial charge in [0.05, 0.1) is 10.0 Å². The molecule has 33 heavy (non-hydrogen) atoms. The third kappa shape index (κ3) is 7.80. The Labute approximate surface area is 211 Å². The molecule has 0 fully saturated rings. The molecule has 2 rings (SSSR count). The predicted octanol–water partition coefficient (Wildman–Crippen LogP) is 6.22. The zero-order valence-electron chi connectivity index (χ0n) is 19.7. The average Bonchev–Trinajstić information content (AvgIpc) is 2.76. The van der Waals surface area contributed by atoms with E-state index in [0.717, 1.165) is 16.7 Å². The molecule has 2 aromatic rings. The van der Waals surface area contributed by atoms with E-state index in [1.54, 1.807) is 30.3 Å². The third-order valence-electron chi connectivity index (χ3n) is 5.18. The van der Waals surface area contributed by atoms with Crippen molar-refractivity contribution in [1.29, 1.82) is 0 Å². The lowest BCUT2D eigenvalue weighted by molar-refractivity contribution is -0.143. The molecular formula is C25H31Cl3N2O3. The highest BCUT2D eigenvalue weighted by molar-refractivity contribution is 6.42. The van der Waals surface area contributed by atoms with Gasteiger partial charge in [0.2, 0.25) is 5.91 Å². The van der Waals surface area contributed by atoms with E-state index in [0.29, 0.717) is 39.7 Å². The quantitative estimate of drug-likeness (QED) is 0.410. The van der Waals surface area contributed by atoms with Crippen LogP contribution in [0.5, 0.6) is 5.75 Å². The van der Waals surface area contributed by atoms with Crippen LogP contribution in [0.25, 0.3) is 0 Å². The first kappa shape index (κ1) is 27.3. The van der Waals surface area contributed by atoms with Gasteiger partial charge in [0, 0.05) is 18.1 Å². The van der Waals surface area contributed by atoms with Crippen LogP contribution in [0.4, 0.5) is 0 Å². The number of hydrogen-bond donors (Lipinski definition) is 1. The van der Waals surface area contributed by atoms with E-state index in [2.05, 4.69) is 5.32 Å². The summed E-state index contributed by atoms with van der Waals surface area (Å²) in [7, 11) is 0. The molecule has 0 aliphatic carbocycles. The Hall–Kier alpha value is -1.95. The van der Waals surface area contributed by atoms with Gasteiger partial charge in [-0.15, -0.1) is 0 Å². The summed E-state index contributed by atoms with van der Waals surface area (Å²) in [6.07, 6.45) is 0.455. The summed E-state index contributed by atoms with van der Waals surface area (Å²) in [5.41, 5.74) is 2.50. The molecule has 0 heterocycles. The van der Waals surface area contributed by atoms with Gasteiger partial charge in [0.1, 0.15) is 11.8 Å². The molecule has 2 aromatic carbocycles. The molecule has 0 bridgehead atoms. The van der Waals surface area contributed by atoms with Gasteiger partial charge in [-0.3, -0.25) is 9.59 Å². The fourth-order valence-electron chi connectivity index (χ4n) is 3.39. The number of benzene rings is 2. The summed E-state index contributed by atoms with van der Waals surface area (Å²) < 4.78 is 5.79. The number of carbonyl (C=O) groups excluding carboxylic acids is 2.